The van der Waals surface area contributed by atoms with E-state index in [0.29, 0.717) is 13.1 Å². The first-order valence-electron chi connectivity index (χ1n) is 10.7. The van der Waals surface area contributed by atoms with Gasteiger partial charge in [0, 0.05) is 39.3 Å². The Morgan fingerprint density at radius 3 is 2.03 bits per heavy atom. The number of anilines is 1. The standard InChI is InChI=1S/C20H31N3O3.C2H2O4/c1-15-13-23(14-16(2)26-15)20(24)17(3)21-9-11-22(12-10-21)18-7-5-6-8-19(18)25-4;3-1(4)2(5)6/h5-8,15-17H,9-14H2,1-4H3;(H,3,4)(H,5,6). The Bertz CT molecular complexity index is 773. The molecule has 3 rings (SSSR count). The van der Waals surface area contributed by atoms with Crippen LogP contribution in [0.4, 0.5) is 5.69 Å². The molecule has 2 aliphatic heterocycles. The Hall–Kier alpha value is -2.85. The van der Waals surface area contributed by atoms with Crippen molar-refractivity contribution in [1.29, 1.82) is 0 Å². The highest BCUT2D eigenvalue weighted by Gasteiger charge is 2.32. The molecule has 0 saturated carbocycles. The molecule has 32 heavy (non-hydrogen) atoms. The van der Waals surface area contributed by atoms with Crippen LogP contribution in [0.3, 0.4) is 0 Å². The molecule has 0 bridgehead atoms. The molecule has 10 nitrogen and oxygen atoms in total. The minimum Gasteiger partial charge on any atom is -0.495 e. The van der Waals surface area contributed by atoms with Gasteiger partial charge in [0.05, 0.1) is 31.0 Å². The summed E-state index contributed by atoms with van der Waals surface area (Å²) in [5.41, 5.74) is 1.13. The monoisotopic (exact) mass is 451 g/mol. The lowest BCUT2D eigenvalue weighted by Crippen LogP contribution is -2.57. The second kappa shape index (κ2) is 11.7. The number of aliphatic carboxylic acids is 2. The first-order chi connectivity index (χ1) is 15.1. The third-order valence-corrected chi connectivity index (χ3v) is 5.56. The fraction of sp³-hybridized carbons (Fsp3) is 0.591. The van der Waals surface area contributed by atoms with Crippen LogP contribution in [0.1, 0.15) is 20.8 Å². The average Bonchev–Trinajstić information content (AvgIpc) is 2.78. The lowest BCUT2D eigenvalue weighted by atomic mass is 10.1. The first kappa shape index (κ1) is 25.4. The molecule has 178 valence electrons. The zero-order valence-corrected chi connectivity index (χ0v) is 19.1. The predicted octanol–water partition coefficient (Wildman–Crippen LogP) is 0.997. The number of ether oxygens (including phenoxy) is 2. The van der Waals surface area contributed by atoms with Gasteiger partial charge in [-0.1, -0.05) is 12.1 Å². The number of nitrogens with zero attached hydrogens (tertiary/aromatic N) is 3. The van der Waals surface area contributed by atoms with Crippen LogP contribution in [-0.2, 0) is 19.1 Å². The van der Waals surface area contributed by atoms with E-state index in [4.69, 9.17) is 29.3 Å². The molecular weight excluding hydrogens is 418 g/mol. The molecule has 2 N–H and O–H groups in total. The summed E-state index contributed by atoms with van der Waals surface area (Å²) in [7, 11) is 1.71. The quantitative estimate of drug-likeness (QED) is 0.646. The Labute approximate surface area is 188 Å². The van der Waals surface area contributed by atoms with E-state index in [9.17, 15) is 4.79 Å². The highest BCUT2D eigenvalue weighted by Crippen LogP contribution is 2.28. The molecule has 3 atom stereocenters. The lowest BCUT2D eigenvalue weighted by Gasteiger charge is -2.42. The molecule has 1 aromatic carbocycles. The molecule has 2 fully saturated rings. The third kappa shape index (κ3) is 6.83. The maximum Gasteiger partial charge on any atom is 0.414 e. The summed E-state index contributed by atoms with van der Waals surface area (Å²) in [5, 5.41) is 14.8. The number of carbonyl (C=O) groups is 3. The molecule has 2 heterocycles. The van der Waals surface area contributed by atoms with Gasteiger partial charge in [0.1, 0.15) is 5.75 Å². The second-order valence-corrected chi connectivity index (χ2v) is 7.98. The van der Waals surface area contributed by atoms with E-state index < -0.39 is 11.9 Å². The number of piperazine rings is 1. The maximum absolute atomic E-state index is 12.9. The second-order valence-electron chi connectivity index (χ2n) is 7.98. The van der Waals surface area contributed by atoms with Crippen molar-refractivity contribution in [3.05, 3.63) is 24.3 Å². The van der Waals surface area contributed by atoms with E-state index in [-0.39, 0.29) is 24.2 Å². The molecule has 3 unspecified atom stereocenters. The van der Waals surface area contributed by atoms with Crippen molar-refractivity contribution in [2.24, 2.45) is 0 Å². The number of benzene rings is 1. The Kier molecular flexibility index (Phi) is 9.27. The van der Waals surface area contributed by atoms with E-state index >= 15 is 0 Å². The molecular formula is C22H33N3O7. The van der Waals surface area contributed by atoms with Crippen LogP contribution < -0.4 is 9.64 Å². The summed E-state index contributed by atoms with van der Waals surface area (Å²) < 4.78 is 11.2. The van der Waals surface area contributed by atoms with Crippen molar-refractivity contribution in [1.82, 2.24) is 9.80 Å². The number of morpholine rings is 1. The summed E-state index contributed by atoms with van der Waals surface area (Å²) >= 11 is 0. The van der Waals surface area contributed by atoms with Crippen LogP contribution in [0.5, 0.6) is 5.75 Å². The molecule has 0 aliphatic carbocycles. The lowest BCUT2D eigenvalue weighted by molar-refractivity contribution is -0.159. The van der Waals surface area contributed by atoms with Crippen LogP contribution in [0, 0.1) is 0 Å². The van der Waals surface area contributed by atoms with Crippen molar-refractivity contribution < 1.29 is 34.1 Å². The molecule has 2 saturated heterocycles. The summed E-state index contributed by atoms with van der Waals surface area (Å²) in [6.07, 6.45) is 0.217. The van der Waals surface area contributed by atoms with Crippen molar-refractivity contribution in [3.63, 3.8) is 0 Å². The summed E-state index contributed by atoms with van der Waals surface area (Å²) in [6, 6.07) is 8.03. The van der Waals surface area contributed by atoms with Gasteiger partial charge in [-0.15, -0.1) is 0 Å². The first-order valence-corrected chi connectivity index (χ1v) is 10.7. The smallest absolute Gasteiger partial charge is 0.414 e. The van der Waals surface area contributed by atoms with Crippen molar-refractivity contribution >= 4 is 23.5 Å². The highest BCUT2D eigenvalue weighted by atomic mass is 16.5. The third-order valence-electron chi connectivity index (χ3n) is 5.56. The fourth-order valence-corrected chi connectivity index (χ4v) is 4.02. The topological polar surface area (TPSA) is 120 Å². The molecule has 0 radical (unpaired) electrons. The van der Waals surface area contributed by atoms with Gasteiger partial charge in [0.25, 0.3) is 0 Å². The van der Waals surface area contributed by atoms with E-state index in [1.807, 2.05) is 43.9 Å². The van der Waals surface area contributed by atoms with E-state index in [1.54, 1.807) is 7.11 Å². The number of hydrogen-bond donors (Lipinski definition) is 2. The van der Waals surface area contributed by atoms with Gasteiger partial charge in [-0.2, -0.15) is 0 Å². The molecule has 1 aromatic rings. The molecule has 1 amide bonds. The number of carboxylic acids is 2. The van der Waals surface area contributed by atoms with Gasteiger partial charge in [-0.05, 0) is 32.9 Å². The summed E-state index contributed by atoms with van der Waals surface area (Å²) in [5.74, 6) is -2.52. The molecule has 0 spiro atoms. The largest absolute Gasteiger partial charge is 0.495 e. The van der Waals surface area contributed by atoms with E-state index in [2.05, 4.69) is 15.9 Å². The molecule has 0 aromatic heterocycles. The zero-order valence-electron chi connectivity index (χ0n) is 19.1. The van der Waals surface area contributed by atoms with Crippen molar-refractivity contribution in [2.75, 3.05) is 51.3 Å². The summed E-state index contributed by atoms with van der Waals surface area (Å²) in [4.78, 5) is 37.7. The molecule has 10 heteroatoms. The van der Waals surface area contributed by atoms with Crippen molar-refractivity contribution in [3.8, 4) is 5.75 Å². The number of methoxy groups -OCH3 is 1. The minimum atomic E-state index is -1.82. The van der Waals surface area contributed by atoms with Gasteiger partial charge in [-0.3, -0.25) is 9.69 Å². The van der Waals surface area contributed by atoms with Crippen LogP contribution in [0.15, 0.2) is 24.3 Å². The van der Waals surface area contributed by atoms with Crippen molar-refractivity contribution in [2.45, 2.75) is 39.0 Å². The minimum absolute atomic E-state index is 0.0904. The fourth-order valence-electron chi connectivity index (χ4n) is 4.02. The normalized spacial score (nSPS) is 22.4. The highest BCUT2D eigenvalue weighted by molar-refractivity contribution is 6.27. The maximum atomic E-state index is 12.9. The number of hydrogen-bond acceptors (Lipinski definition) is 7. The number of amides is 1. The number of para-hydroxylation sites is 2. The van der Waals surface area contributed by atoms with Gasteiger partial charge >= 0.3 is 11.9 Å². The number of rotatable bonds is 4. The zero-order chi connectivity index (χ0) is 23.8. The number of carbonyl (C=O) groups excluding carboxylic acids is 1. The van der Waals surface area contributed by atoms with E-state index in [1.165, 1.54) is 0 Å². The predicted molar refractivity (Wildman–Crippen MR) is 118 cm³/mol. The average molecular weight is 452 g/mol. The Balaban J connectivity index is 0.000000534. The van der Waals surface area contributed by atoms with Crippen LogP contribution in [-0.4, -0.2) is 102 Å². The van der Waals surface area contributed by atoms with Crippen LogP contribution >= 0.6 is 0 Å². The van der Waals surface area contributed by atoms with Crippen LogP contribution in [0.2, 0.25) is 0 Å². The van der Waals surface area contributed by atoms with Gasteiger partial charge in [0.2, 0.25) is 5.91 Å². The van der Waals surface area contributed by atoms with Gasteiger partial charge in [0.15, 0.2) is 0 Å². The molecule has 2 aliphatic rings. The Morgan fingerprint density at radius 2 is 1.53 bits per heavy atom. The van der Waals surface area contributed by atoms with Gasteiger partial charge < -0.3 is 29.5 Å². The van der Waals surface area contributed by atoms with Gasteiger partial charge in [-0.25, -0.2) is 9.59 Å². The van der Waals surface area contributed by atoms with E-state index in [0.717, 1.165) is 37.6 Å². The van der Waals surface area contributed by atoms with Crippen LogP contribution in [0.25, 0.3) is 0 Å². The Morgan fingerprint density at radius 1 is 1.00 bits per heavy atom. The SMILES string of the molecule is COc1ccccc1N1CCN(C(C)C(=O)N2CC(C)OC(C)C2)CC1.O=C(O)C(=O)O. The number of carboxylic acid groups (broad SMARTS) is 2. The summed E-state index contributed by atoms with van der Waals surface area (Å²) in [6.45, 7) is 11.0.